The van der Waals surface area contributed by atoms with Gasteiger partial charge in [-0.2, -0.15) is 0 Å². The molecule has 0 amide bonds. The number of nitrogens with zero attached hydrogens (tertiary/aromatic N) is 2. The van der Waals surface area contributed by atoms with Crippen LogP contribution in [0.3, 0.4) is 0 Å². The first-order valence-corrected chi connectivity index (χ1v) is 6.87. The summed E-state index contributed by atoms with van der Waals surface area (Å²) in [7, 11) is 0. The molecule has 0 bridgehead atoms. The van der Waals surface area contributed by atoms with E-state index >= 15 is 0 Å². The molecule has 0 aliphatic rings. The summed E-state index contributed by atoms with van der Waals surface area (Å²) in [5, 5.41) is 0.185. The van der Waals surface area contributed by atoms with Crippen molar-refractivity contribution in [1.82, 2.24) is 9.97 Å². The lowest BCUT2D eigenvalue weighted by Gasteiger charge is -2.18. The largest absolute Gasteiger partial charge is 0.456 e. The summed E-state index contributed by atoms with van der Waals surface area (Å²) < 4.78 is 5.31. The first-order chi connectivity index (χ1) is 8.85. The van der Waals surface area contributed by atoms with Gasteiger partial charge in [-0.25, -0.2) is 14.8 Å². The molecule has 4 nitrogen and oxygen atoms in total. The molecule has 0 atom stereocenters. The molecule has 19 heavy (non-hydrogen) atoms. The molecule has 0 radical (unpaired) electrons. The zero-order chi connectivity index (χ0) is 14.0. The molecule has 0 fully saturated rings. The van der Waals surface area contributed by atoms with Gasteiger partial charge in [0.05, 0.1) is 10.6 Å². The molecule has 0 unspecified atom stereocenters. The quantitative estimate of drug-likeness (QED) is 0.624. The van der Waals surface area contributed by atoms with E-state index in [9.17, 15) is 4.79 Å². The highest BCUT2D eigenvalue weighted by atomic mass is 35.5. The van der Waals surface area contributed by atoms with Crippen molar-refractivity contribution >= 4 is 28.9 Å². The number of rotatable bonds is 2. The van der Waals surface area contributed by atoms with Crippen molar-refractivity contribution < 1.29 is 9.53 Å². The Bertz CT molecular complexity index is 605. The van der Waals surface area contributed by atoms with E-state index in [1.807, 2.05) is 26.8 Å². The van der Waals surface area contributed by atoms with Crippen LogP contribution in [0.1, 0.15) is 30.4 Å². The fourth-order valence-electron chi connectivity index (χ4n) is 1.39. The van der Waals surface area contributed by atoms with Gasteiger partial charge < -0.3 is 4.74 Å². The van der Waals surface area contributed by atoms with E-state index < -0.39 is 5.60 Å². The normalized spacial score (nSPS) is 11.4. The topological polar surface area (TPSA) is 52.1 Å². The van der Waals surface area contributed by atoms with E-state index in [4.69, 9.17) is 16.3 Å². The highest BCUT2D eigenvalue weighted by Gasteiger charge is 2.19. The Morgan fingerprint density at radius 1 is 1.32 bits per heavy atom. The minimum atomic E-state index is -0.501. The molecule has 2 aromatic heterocycles. The lowest BCUT2D eigenvalue weighted by molar-refractivity contribution is 0.00752. The van der Waals surface area contributed by atoms with E-state index in [1.165, 1.54) is 11.3 Å². The summed E-state index contributed by atoms with van der Waals surface area (Å²) in [6.07, 6.45) is 1.58. The minimum absolute atomic E-state index is 0.185. The Labute approximate surface area is 120 Å². The third-order valence-corrected chi connectivity index (χ3v) is 3.35. The average molecular weight is 297 g/mol. The number of carbonyl (C=O) groups is 1. The zero-order valence-electron chi connectivity index (χ0n) is 10.8. The lowest BCUT2D eigenvalue weighted by Crippen LogP contribution is -2.23. The van der Waals surface area contributed by atoms with E-state index in [-0.39, 0.29) is 11.3 Å². The number of halogens is 1. The van der Waals surface area contributed by atoms with Crippen LogP contribution in [0.4, 0.5) is 0 Å². The van der Waals surface area contributed by atoms with Crippen molar-refractivity contribution in [2.75, 3.05) is 0 Å². The van der Waals surface area contributed by atoms with Crippen molar-refractivity contribution in [2.45, 2.75) is 26.4 Å². The second-order valence-electron chi connectivity index (χ2n) is 4.88. The molecule has 0 spiro atoms. The minimum Gasteiger partial charge on any atom is -0.456 e. The van der Waals surface area contributed by atoms with Crippen LogP contribution in [0.2, 0.25) is 5.28 Å². The number of ether oxygens (including phenoxy) is 1. The van der Waals surface area contributed by atoms with Gasteiger partial charge in [0, 0.05) is 6.20 Å². The maximum Gasteiger partial charge on any atom is 0.348 e. The zero-order valence-corrected chi connectivity index (χ0v) is 12.4. The Hall–Kier alpha value is -1.46. The average Bonchev–Trinajstić information content (AvgIpc) is 2.75. The Kier molecular flexibility index (Phi) is 3.87. The summed E-state index contributed by atoms with van der Waals surface area (Å²) in [5.41, 5.74) is 0.194. The van der Waals surface area contributed by atoms with Crippen LogP contribution in [0.5, 0.6) is 0 Å². The molecule has 2 rings (SSSR count). The fraction of sp³-hybridized carbons (Fsp3) is 0.308. The van der Waals surface area contributed by atoms with Crippen LogP contribution in [0.15, 0.2) is 24.4 Å². The molecule has 2 heterocycles. The summed E-state index contributed by atoms with van der Waals surface area (Å²) in [6.45, 7) is 5.51. The molecule has 100 valence electrons. The molecule has 0 aliphatic carbocycles. The van der Waals surface area contributed by atoms with Crippen molar-refractivity contribution in [1.29, 1.82) is 0 Å². The van der Waals surface area contributed by atoms with Crippen LogP contribution >= 0.6 is 22.9 Å². The number of thiophene rings is 1. The van der Waals surface area contributed by atoms with Crippen LogP contribution in [0, 0.1) is 0 Å². The van der Waals surface area contributed by atoms with E-state index in [0.717, 1.165) is 4.88 Å². The maximum absolute atomic E-state index is 11.9. The second kappa shape index (κ2) is 5.27. The van der Waals surface area contributed by atoms with Gasteiger partial charge in [-0.1, -0.05) is 0 Å². The van der Waals surface area contributed by atoms with Gasteiger partial charge in [0.1, 0.15) is 10.5 Å². The van der Waals surface area contributed by atoms with Crippen molar-refractivity contribution in [3.63, 3.8) is 0 Å². The SMILES string of the molecule is CC(C)(C)OC(=O)c1ccc(-c2ccnc(Cl)n2)s1. The van der Waals surface area contributed by atoms with Gasteiger partial charge in [-0.05, 0) is 50.6 Å². The molecule has 0 saturated heterocycles. The number of esters is 1. The molecule has 0 aromatic carbocycles. The monoisotopic (exact) mass is 296 g/mol. The van der Waals surface area contributed by atoms with Gasteiger partial charge in [0.25, 0.3) is 0 Å². The van der Waals surface area contributed by atoms with Crippen LogP contribution in [-0.4, -0.2) is 21.5 Å². The fourth-order valence-corrected chi connectivity index (χ4v) is 2.39. The first kappa shape index (κ1) is 14.0. The van der Waals surface area contributed by atoms with Gasteiger partial charge in [-0.3, -0.25) is 0 Å². The third kappa shape index (κ3) is 3.75. The molecule has 6 heteroatoms. The van der Waals surface area contributed by atoms with Crippen molar-refractivity contribution in [3.05, 3.63) is 34.6 Å². The summed E-state index contributed by atoms with van der Waals surface area (Å²) in [4.78, 5) is 21.2. The highest BCUT2D eigenvalue weighted by Crippen LogP contribution is 2.28. The highest BCUT2D eigenvalue weighted by molar-refractivity contribution is 7.17. The Morgan fingerprint density at radius 3 is 2.68 bits per heavy atom. The van der Waals surface area contributed by atoms with Crippen LogP contribution < -0.4 is 0 Å². The van der Waals surface area contributed by atoms with E-state index in [2.05, 4.69) is 9.97 Å². The Balaban J connectivity index is 2.22. The predicted molar refractivity (Wildman–Crippen MR) is 75.5 cm³/mol. The van der Waals surface area contributed by atoms with Crippen molar-refractivity contribution in [3.8, 4) is 10.6 Å². The first-order valence-electron chi connectivity index (χ1n) is 5.67. The summed E-state index contributed by atoms with van der Waals surface area (Å²) in [6, 6.07) is 5.29. The molecule has 2 aromatic rings. The van der Waals surface area contributed by atoms with E-state index in [1.54, 1.807) is 18.3 Å². The maximum atomic E-state index is 11.9. The smallest absolute Gasteiger partial charge is 0.348 e. The van der Waals surface area contributed by atoms with E-state index in [0.29, 0.717) is 10.6 Å². The summed E-state index contributed by atoms with van der Waals surface area (Å²) >= 11 is 7.06. The molecular weight excluding hydrogens is 284 g/mol. The van der Waals surface area contributed by atoms with Gasteiger partial charge in [0.15, 0.2) is 0 Å². The number of hydrogen-bond acceptors (Lipinski definition) is 5. The summed E-state index contributed by atoms with van der Waals surface area (Å²) in [5.74, 6) is -0.330. The molecule has 0 saturated carbocycles. The molecular formula is C13H13ClN2O2S. The van der Waals surface area contributed by atoms with Crippen LogP contribution in [-0.2, 0) is 4.74 Å². The van der Waals surface area contributed by atoms with Gasteiger partial charge in [0.2, 0.25) is 5.28 Å². The number of aromatic nitrogens is 2. The van der Waals surface area contributed by atoms with Crippen LogP contribution in [0.25, 0.3) is 10.6 Å². The van der Waals surface area contributed by atoms with Gasteiger partial charge in [-0.15, -0.1) is 11.3 Å². The standard InChI is InChI=1S/C13H13ClN2O2S/c1-13(2,3)18-11(17)10-5-4-9(19-10)8-6-7-15-12(14)16-8/h4-7H,1-3H3. The Morgan fingerprint density at radius 2 is 2.05 bits per heavy atom. The predicted octanol–water partition coefficient (Wildman–Crippen LogP) is 3.81. The third-order valence-electron chi connectivity index (χ3n) is 2.08. The molecule has 0 N–H and O–H groups in total. The lowest BCUT2D eigenvalue weighted by atomic mass is 10.2. The number of hydrogen-bond donors (Lipinski definition) is 0. The van der Waals surface area contributed by atoms with Crippen molar-refractivity contribution in [2.24, 2.45) is 0 Å². The number of carbonyl (C=O) groups excluding carboxylic acids is 1. The molecule has 0 aliphatic heterocycles. The van der Waals surface area contributed by atoms with Gasteiger partial charge >= 0.3 is 5.97 Å². The second-order valence-corrected chi connectivity index (χ2v) is 6.30.